The van der Waals surface area contributed by atoms with Crippen LogP contribution in [0.25, 0.3) is 0 Å². The zero-order valence-corrected chi connectivity index (χ0v) is 12.5. The molecule has 0 saturated heterocycles. The van der Waals surface area contributed by atoms with Crippen molar-refractivity contribution >= 4 is 27.3 Å². The third-order valence-corrected chi connectivity index (χ3v) is 3.88. The van der Waals surface area contributed by atoms with Gasteiger partial charge in [-0.1, -0.05) is 15.9 Å². The Morgan fingerprint density at radius 2 is 2.22 bits per heavy atom. The third-order valence-electron chi connectivity index (χ3n) is 2.65. The maximum atomic E-state index is 9.71. The fourth-order valence-electron chi connectivity index (χ4n) is 1.69. The van der Waals surface area contributed by atoms with E-state index in [1.165, 1.54) is 5.56 Å². The summed E-state index contributed by atoms with van der Waals surface area (Å²) in [7, 11) is 0. The van der Waals surface area contributed by atoms with E-state index >= 15 is 0 Å². The van der Waals surface area contributed by atoms with Crippen molar-refractivity contribution in [2.24, 2.45) is 0 Å². The normalized spacial score (nSPS) is 12.4. The van der Waals surface area contributed by atoms with Crippen LogP contribution in [0.1, 0.15) is 24.2 Å². The van der Waals surface area contributed by atoms with Crippen LogP contribution in [0.2, 0.25) is 0 Å². The first-order chi connectivity index (χ1) is 8.66. The Labute approximate surface area is 119 Å². The van der Waals surface area contributed by atoms with Crippen LogP contribution in [-0.4, -0.2) is 11.7 Å². The van der Waals surface area contributed by atoms with Crippen molar-refractivity contribution in [2.75, 3.05) is 6.61 Å². The molecule has 0 amide bonds. The van der Waals surface area contributed by atoms with Crippen LogP contribution in [0.5, 0.6) is 5.75 Å². The second kappa shape index (κ2) is 6.36. The van der Waals surface area contributed by atoms with Gasteiger partial charge >= 0.3 is 0 Å². The summed E-state index contributed by atoms with van der Waals surface area (Å²) in [6, 6.07) is 7.81. The molecule has 0 aliphatic heterocycles. The predicted molar refractivity (Wildman–Crippen MR) is 78.3 cm³/mol. The van der Waals surface area contributed by atoms with Crippen molar-refractivity contribution in [3.05, 3.63) is 50.6 Å². The molecular weight excluding hydrogens is 312 g/mol. The molecule has 1 aromatic heterocycles. The number of halogens is 1. The topological polar surface area (TPSA) is 29.5 Å². The molecule has 2 rings (SSSR count). The molecule has 0 spiro atoms. The van der Waals surface area contributed by atoms with Crippen LogP contribution in [0.3, 0.4) is 0 Å². The summed E-state index contributed by atoms with van der Waals surface area (Å²) in [5.74, 6) is 0.753. The van der Waals surface area contributed by atoms with Gasteiger partial charge in [-0.25, -0.2) is 0 Å². The number of hydrogen-bond donors (Lipinski definition) is 1. The van der Waals surface area contributed by atoms with E-state index in [2.05, 4.69) is 32.8 Å². The first-order valence-corrected chi connectivity index (χ1v) is 7.52. The van der Waals surface area contributed by atoms with E-state index in [1.807, 2.05) is 18.2 Å². The Morgan fingerprint density at radius 3 is 2.89 bits per heavy atom. The molecule has 4 heteroatoms. The monoisotopic (exact) mass is 326 g/mol. The lowest BCUT2D eigenvalue weighted by atomic mass is 10.1. The van der Waals surface area contributed by atoms with Gasteiger partial charge in [0.2, 0.25) is 0 Å². The zero-order valence-electron chi connectivity index (χ0n) is 10.1. The third kappa shape index (κ3) is 3.57. The van der Waals surface area contributed by atoms with Crippen molar-refractivity contribution in [1.82, 2.24) is 0 Å². The van der Waals surface area contributed by atoms with E-state index in [1.54, 1.807) is 18.3 Å². The van der Waals surface area contributed by atoms with Gasteiger partial charge in [0.1, 0.15) is 5.75 Å². The molecule has 0 aliphatic carbocycles. The second-order valence-corrected chi connectivity index (χ2v) is 5.78. The van der Waals surface area contributed by atoms with Crippen LogP contribution in [0, 0.1) is 0 Å². The van der Waals surface area contributed by atoms with Gasteiger partial charge in [-0.15, -0.1) is 0 Å². The zero-order chi connectivity index (χ0) is 13.0. The van der Waals surface area contributed by atoms with Crippen LogP contribution in [0.15, 0.2) is 39.5 Å². The molecule has 1 N–H and O–H groups in total. The molecule has 2 aromatic rings. The Kier molecular flexibility index (Phi) is 4.80. The van der Waals surface area contributed by atoms with Gasteiger partial charge in [0.05, 0.1) is 12.7 Å². The number of aliphatic hydroxyl groups excluding tert-OH is 1. The molecule has 18 heavy (non-hydrogen) atoms. The summed E-state index contributed by atoms with van der Waals surface area (Å²) < 4.78 is 6.70. The predicted octanol–water partition coefficient (Wildman–Crippen LogP) is 4.19. The number of ether oxygens (including phenoxy) is 1. The van der Waals surface area contributed by atoms with E-state index in [9.17, 15) is 5.11 Å². The van der Waals surface area contributed by atoms with Crippen LogP contribution in [-0.2, 0) is 6.42 Å². The molecule has 0 bridgehead atoms. The first-order valence-electron chi connectivity index (χ1n) is 5.78. The van der Waals surface area contributed by atoms with Crippen molar-refractivity contribution in [3.63, 3.8) is 0 Å². The van der Waals surface area contributed by atoms with E-state index in [0.717, 1.165) is 22.2 Å². The van der Waals surface area contributed by atoms with Gasteiger partial charge in [-0.05, 0) is 47.5 Å². The molecule has 96 valence electrons. The quantitative estimate of drug-likeness (QED) is 0.892. The minimum absolute atomic E-state index is 0.529. The summed E-state index contributed by atoms with van der Waals surface area (Å²) in [6.07, 6.45) is 0.359. The lowest BCUT2D eigenvalue weighted by Crippen LogP contribution is -2.04. The van der Waals surface area contributed by atoms with E-state index in [-0.39, 0.29) is 0 Å². The van der Waals surface area contributed by atoms with Crippen molar-refractivity contribution in [2.45, 2.75) is 19.4 Å². The van der Waals surface area contributed by atoms with Crippen LogP contribution >= 0.6 is 27.3 Å². The average Bonchev–Trinajstić information content (AvgIpc) is 2.84. The van der Waals surface area contributed by atoms with Gasteiger partial charge in [0, 0.05) is 16.5 Å². The highest BCUT2D eigenvalue weighted by atomic mass is 79.9. The highest BCUT2D eigenvalue weighted by molar-refractivity contribution is 9.10. The summed E-state index contributed by atoms with van der Waals surface area (Å²) in [5.41, 5.74) is 2.10. The number of hydrogen-bond acceptors (Lipinski definition) is 3. The van der Waals surface area contributed by atoms with Crippen molar-refractivity contribution in [3.8, 4) is 5.75 Å². The van der Waals surface area contributed by atoms with E-state index < -0.39 is 6.10 Å². The number of benzene rings is 1. The molecule has 1 atom stereocenters. The first kappa shape index (κ1) is 13.6. The second-order valence-electron chi connectivity index (χ2n) is 4.09. The summed E-state index contributed by atoms with van der Waals surface area (Å²) >= 11 is 5.09. The molecule has 0 fully saturated rings. The molecule has 0 saturated carbocycles. The maximum absolute atomic E-state index is 9.71. The highest BCUT2D eigenvalue weighted by Gasteiger charge is 2.09. The minimum Gasteiger partial charge on any atom is -0.493 e. The SMILES string of the molecule is CC(O)c1cc(Br)ccc1OCCc1ccsc1. The van der Waals surface area contributed by atoms with Gasteiger partial charge in [-0.2, -0.15) is 11.3 Å². The Morgan fingerprint density at radius 1 is 1.39 bits per heavy atom. The fraction of sp³-hybridized carbons (Fsp3) is 0.286. The van der Waals surface area contributed by atoms with Crippen molar-refractivity contribution < 1.29 is 9.84 Å². The molecule has 2 nitrogen and oxygen atoms in total. The van der Waals surface area contributed by atoms with Gasteiger partial charge in [0.25, 0.3) is 0 Å². The Hall–Kier alpha value is -0.840. The average molecular weight is 327 g/mol. The lowest BCUT2D eigenvalue weighted by molar-refractivity contribution is 0.191. The Bertz CT molecular complexity index is 495. The molecular formula is C14H15BrO2S. The standard InChI is InChI=1S/C14H15BrO2S/c1-10(16)13-8-12(15)2-3-14(13)17-6-4-11-5-7-18-9-11/h2-3,5,7-10,16H,4,6H2,1H3. The summed E-state index contributed by atoms with van der Waals surface area (Å²) in [5, 5.41) is 13.9. The fourth-order valence-corrected chi connectivity index (χ4v) is 2.77. The van der Waals surface area contributed by atoms with Crippen molar-refractivity contribution in [1.29, 1.82) is 0 Å². The molecule has 1 unspecified atom stereocenters. The Balaban J connectivity index is 2.00. The van der Waals surface area contributed by atoms with E-state index in [0.29, 0.717) is 6.61 Å². The molecule has 0 aliphatic rings. The highest BCUT2D eigenvalue weighted by Crippen LogP contribution is 2.28. The summed E-state index contributed by atoms with van der Waals surface area (Å²) in [4.78, 5) is 0. The molecule has 1 aromatic carbocycles. The summed E-state index contributed by atoms with van der Waals surface area (Å²) in [6.45, 7) is 2.37. The molecule has 0 radical (unpaired) electrons. The van der Waals surface area contributed by atoms with Crippen LogP contribution < -0.4 is 4.74 Å². The largest absolute Gasteiger partial charge is 0.493 e. The van der Waals surface area contributed by atoms with Crippen LogP contribution in [0.4, 0.5) is 0 Å². The maximum Gasteiger partial charge on any atom is 0.125 e. The smallest absolute Gasteiger partial charge is 0.125 e. The van der Waals surface area contributed by atoms with Gasteiger partial charge in [-0.3, -0.25) is 0 Å². The van der Waals surface area contributed by atoms with Gasteiger partial charge in [0.15, 0.2) is 0 Å². The van der Waals surface area contributed by atoms with E-state index in [4.69, 9.17) is 4.74 Å². The number of thiophene rings is 1. The number of aliphatic hydroxyl groups is 1. The molecule has 1 heterocycles. The number of rotatable bonds is 5. The minimum atomic E-state index is -0.529. The lowest BCUT2D eigenvalue weighted by Gasteiger charge is -2.13. The van der Waals surface area contributed by atoms with Gasteiger partial charge < -0.3 is 9.84 Å².